The molecule has 26 heavy (non-hydrogen) atoms. The van der Waals surface area contributed by atoms with E-state index in [4.69, 9.17) is 11.6 Å². The number of rotatable bonds is 3. The molecule has 0 aliphatic carbocycles. The third-order valence-corrected chi connectivity index (χ3v) is 4.50. The van der Waals surface area contributed by atoms with Gasteiger partial charge in [-0.05, 0) is 30.3 Å². The Kier molecular flexibility index (Phi) is 4.49. The summed E-state index contributed by atoms with van der Waals surface area (Å²) in [6.45, 7) is 2.74. The van der Waals surface area contributed by atoms with E-state index in [2.05, 4.69) is 25.2 Å². The average molecular weight is 370 g/mol. The summed E-state index contributed by atoms with van der Waals surface area (Å²) in [4.78, 5) is 20.5. The van der Waals surface area contributed by atoms with Crippen LogP contribution in [0.3, 0.4) is 0 Å². The normalized spacial score (nSPS) is 14.5. The van der Waals surface area contributed by atoms with Crippen molar-refractivity contribution in [2.24, 2.45) is 0 Å². The predicted molar refractivity (Wildman–Crippen MR) is 96.5 cm³/mol. The number of anilines is 1. The second kappa shape index (κ2) is 7.09. The first-order valence-corrected chi connectivity index (χ1v) is 8.57. The van der Waals surface area contributed by atoms with Crippen molar-refractivity contribution in [3.05, 3.63) is 59.8 Å². The molecule has 3 heterocycles. The maximum atomic E-state index is 12.6. The van der Waals surface area contributed by atoms with Crippen molar-refractivity contribution < 1.29 is 4.79 Å². The quantitative estimate of drug-likeness (QED) is 0.698. The Balaban J connectivity index is 1.40. The molecule has 1 aliphatic heterocycles. The summed E-state index contributed by atoms with van der Waals surface area (Å²) in [6, 6.07) is 11.1. The van der Waals surface area contributed by atoms with Gasteiger partial charge >= 0.3 is 0 Å². The number of nitrogens with zero attached hydrogens (tertiary/aromatic N) is 7. The van der Waals surface area contributed by atoms with Crippen molar-refractivity contribution in [1.82, 2.24) is 29.9 Å². The minimum absolute atomic E-state index is 0.117. The van der Waals surface area contributed by atoms with Crippen LogP contribution >= 0.6 is 11.6 Å². The Bertz CT molecular complexity index is 890. The number of hydrogen-bond donors (Lipinski definition) is 0. The van der Waals surface area contributed by atoms with Crippen molar-refractivity contribution in [1.29, 1.82) is 0 Å². The standard InChI is InChI=1S/C17H16ClN7O/c18-13-2-1-3-14(10-13)23-6-8-24(9-7-23)17(26)15-4-5-16(22-21-15)25-12-19-11-20-25/h1-5,10-12H,6-9H2. The molecule has 2 aromatic heterocycles. The van der Waals surface area contributed by atoms with Crippen molar-refractivity contribution in [2.45, 2.75) is 0 Å². The first-order valence-electron chi connectivity index (χ1n) is 8.19. The van der Waals surface area contributed by atoms with E-state index in [1.807, 2.05) is 24.3 Å². The highest BCUT2D eigenvalue weighted by atomic mass is 35.5. The second-order valence-corrected chi connectivity index (χ2v) is 6.31. The van der Waals surface area contributed by atoms with Crippen LogP contribution in [0.4, 0.5) is 5.69 Å². The van der Waals surface area contributed by atoms with Gasteiger partial charge in [0.15, 0.2) is 11.5 Å². The van der Waals surface area contributed by atoms with E-state index < -0.39 is 0 Å². The van der Waals surface area contributed by atoms with E-state index in [9.17, 15) is 4.79 Å². The largest absolute Gasteiger partial charge is 0.368 e. The third-order valence-electron chi connectivity index (χ3n) is 4.26. The zero-order chi connectivity index (χ0) is 17.9. The summed E-state index contributed by atoms with van der Waals surface area (Å²) < 4.78 is 1.49. The smallest absolute Gasteiger partial charge is 0.274 e. The highest BCUT2D eigenvalue weighted by molar-refractivity contribution is 6.30. The first-order chi connectivity index (χ1) is 12.7. The second-order valence-electron chi connectivity index (χ2n) is 5.88. The summed E-state index contributed by atoms with van der Waals surface area (Å²) in [6.07, 6.45) is 2.95. The van der Waals surface area contributed by atoms with Gasteiger partial charge in [0, 0.05) is 36.9 Å². The summed E-state index contributed by atoms with van der Waals surface area (Å²) >= 11 is 6.06. The molecule has 0 atom stereocenters. The summed E-state index contributed by atoms with van der Waals surface area (Å²) in [5, 5.41) is 12.8. The average Bonchev–Trinajstić information content (AvgIpc) is 3.23. The van der Waals surface area contributed by atoms with Crippen LogP contribution in [0.15, 0.2) is 49.1 Å². The van der Waals surface area contributed by atoms with Gasteiger partial charge in [0.25, 0.3) is 5.91 Å². The number of halogens is 1. The molecule has 0 N–H and O–H groups in total. The minimum atomic E-state index is -0.117. The lowest BCUT2D eigenvalue weighted by Crippen LogP contribution is -2.49. The van der Waals surface area contributed by atoms with Crippen LogP contribution in [0.25, 0.3) is 5.82 Å². The maximum absolute atomic E-state index is 12.6. The number of benzene rings is 1. The molecular weight excluding hydrogens is 354 g/mol. The number of carbonyl (C=O) groups excluding carboxylic acids is 1. The molecule has 1 aliphatic rings. The van der Waals surface area contributed by atoms with Crippen LogP contribution in [0.1, 0.15) is 10.5 Å². The molecular formula is C17H16ClN7O. The number of amides is 1. The van der Waals surface area contributed by atoms with Crippen LogP contribution in [0, 0.1) is 0 Å². The molecule has 0 saturated carbocycles. The van der Waals surface area contributed by atoms with Crippen LogP contribution < -0.4 is 4.90 Å². The lowest BCUT2D eigenvalue weighted by atomic mass is 10.2. The number of carbonyl (C=O) groups is 1. The molecule has 3 aromatic rings. The van der Waals surface area contributed by atoms with Crippen molar-refractivity contribution >= 4 is 23.2 Å². The van der Waals surface area contributed by atoms with Crippen molar-refractivity contribution in [3.8, 4) is 5.82 Å². The fourth-order valence-electron chi connectivity index (χ4n) is 2.89. The van der Waals surface area contributed by atoms with Gasteiger partial charge in [-0.3, -0.25) is 4.79 Å². The molecule has 1 amide bonds. The number of hydrogen-bond acceptors (Lipinski definition) is 6. The van der Waals surface area contributed by atoms with Crippen LogP contribution in [0.2, 0.25) is 5.02 Å². The lowest BCUT2D eigenvalue weighted by molar-refractivity contribution is 0.0739. The van der Waals surface area contributed by atoms with Crippen molar-refractivity contribution in [3.63, 3.8) is 0 Å². The Morgan fingerprint density at radius 3 is 2.54 bits per heavy atom. The number of piperazine rings is 1. The topological polar surface area (TPSA) is 80.0 Å². The van der Waals surface area contributed by atoms with Gasteiger partial charge in [0.05, 0.1) is 0 Å². The van der Waals surface area contributed by atoms with Gasteiger partial charge in [-0.15, -0.1) is 10.2 Å². The fourth-order valence-corrected chi connectivity index (χ4v) is 3.08. The molecule has 0 spiro atoms. The van der Waals surface area contributed by atoms with Crippen LogP contribution in [0.5, 0.6) is 0 Å². The summed E-state index contributed by atoms with van der Waals surface area (Å²) in [7, 11) is 0. The Morgan fingerprint density at radius 2 is 1.88 bits per heavy atom. The van der Waals surface area contributed by atoms with Crippen molar-refractivity contribution in [2.75, 3.05) is 31.1 Å². The predicted octanol–water partition coefficient (Wildman–Crippen LogP) is 1.67. The maximum Gasteiger partial charge on any atom is 0.274 e. The molecule has 0 bridgehead atoms. The highest BCUT2D eigenvalue weighted by Crippen LogP contribution is 2.21. The molecule has 9 heteroatoms. The van der Waals surface area contributed by atoms with E-state index in [1.54, 1.807) is 17.0 Å². The molecule has 0 radical (unpaired) electrons. The van der Waals surface area contributed by atoms with Gasteiger partial charge in [0.1, 0.15) is 12.7 Å². The molecule has 1 aromatic carbocycles. The molecule has 4 rings (SSSR count). The third kappa shape index (κ3) is 3.36. The van der Waals surface area contributed by atoms with E-state index in [-0.39, 0.29) is 5.91 Å². The minimum Gasteiger partial charge on any atom is -0.368 e. The zero-order valence-corrected chi connectivity index (χ0v) is 14.6. The van der Waals surface area contributed by atoms with Gasteiger partial charge in [0.2, 0.25) is 0 Å². The first kappa shape index (κ1) is 16.5. The van der Waals surface area contributed by atoms with E-state index >= 15 is 0 Å². The molecule has 132 valence electrons. The van der Waals surface area contributed by atoms with Crippen LogP contribution in [-0.4, -0.2) is 61.9 Å². The Hall–Kier alpha value is -3.00. The van der Waals surface area contributed by atoms with E-state index in [0.717, 1.165) is 18.8 Å². The molecule has 1 fully saturated rings. The van der Waals surface area contributed by atoms with E-state index in [1.165, 1.54) is 17.3 Å². The summed E-state index contributed by atoms with van der Waals surface area (Å²) in [5.74, 6) is 0.401. The molecule has 8 nitrogen and oxygen atoms in total. The SMILES string of the molecule is O=C(c1ccc(-n2cncn2)nn1)N1CCN(c2cccc(Cl)c2)CC1. The fraction of sp³-hybridized carbons (Fsp3) is 0.235. The van der Waals surface area contributed by atoms with Gasteiger partial charge in [-0.25, -0.2) is 9.67 Å². The summed E-state index contributed by atoms with van der Waals surface area (Å²) in [5.41, 5.74) is 1.40. The molecule has 0 unspecified atom stereocenters. The van der Waals surface area contributed by atoms with Gasteiger partial charge in [-0.1, -0.05) is 17.7 Å². The van der Waals surface area contributed by atoms with Gasteiger partial charge < -0.3 is 9.80 Å². The van der Waals surface area contributed by atoms with Gasteiger partial charge in [-0.2, -0.15) is 5.10 Å². The monoisotopic (exact) mass is 369 g/mol. The zero-order valence-electron chi connectivity index (χ0n) is 13.9. The lowest BCUT2D eigenvalue weighted by Gasteiger charge is -2.36. The van der Waals surface area contributed by atoms with Crippen LogP contribution in [-0.2, 0) is 0 Å². The Morgan fingerprint density at radius 1 is 1.04 bits per heavy atom. The Labute approximate surface area is 155 Å². The van der Waals surface area contributed by atoms with E-state index in [0.29, 0.717) is 29.6 Å². The highest BCUT2D eigenvalue weighted by Gasteiger charge is 2.23. The molecule has 1 saturated heterocycles. The number of aromatic nitrogens is 5.